The van der Waals surface area contributed by atoms with Gasteiger partial charge in [-0.2, -0.15) is 5.26 Å². The van der Waals surface area contributed by atoms with Gasteiger partial charge in [0.2, 0.25) is 0 Å². The second-order valence-corrected chi connectivity index (χ2v) is 11.2. The van der Waals surface area contributed by atoms with Crippen molar-refractivity contribution < 1.29 is 4.79 Å². The standard InChI is InChI=1S/C27H39N5O2S2/c1-5-8-10-11-13-32-26(34)23(36-27(32)35)18-21-20(4)22(19-28)25(33)31(12-9-6-2)24(21)30-16-14-29(7-3)15-17-30/h18H,5-17H2,1-4H3/b23-18+. The summed E-state index contributed by atoms with van der Waals surface area (Å²) < 4.78 is 2.35. The molecule has 0 bridgehead atoms. The Morgan fingerprint density at radius 3 is 2.31 bits per heavy atom. The van der Waals surface area contributed by atoms with E-state index in [0.717, 1.165) is 82.6 Å². The van der Waals surface area contributed by atoms with Gasteiger partial charge in [-0.1, -0.05) is 70.4 Å². The highest BCUT2D eigenvalue weighted by atomic mass is 32.2. The molecule has 0 radical (unpaired) electrons. The van der Waals surface area contributed by atoms with Crippen LogP contribution in [0.4, 0.5) is 5.82 Å². The van der Waals surface area contributed by atoms with E-state index in [2.05, 4.69) is 36.6 Å². The van der Waals surface area contributed by atoms with Crippen molar-refractivity contribution in [2.45, 2.75) is 72.8 Å². The number of nitriles is 1. The summed E-state index contributed by atoms with van der Waals surface area (Å²) in [5, 5.41) is 9.87. The largest absolute Gasteiger partial charge is 0.355 e. The fraction of sp³-hybridized carbons (Fsp3) is 0.630. The number of thioether (sulfide) groups is 1. The molecule has 2 aliphatic heterocycles. The predicted octanol–water partition coefficient (Wildman–Crippen LogP) is 4.75. The average molecular weight is 530 g/mol. The van der Waals surface area contributed by atoms with Crippen molar-refractivity contribution >= 4 is 46.1 Å². The second-order valence-electron chi connectivity index (χ2n) is 9.47. The first-order chi connectivity index (χ1) is 17.4. The predicted molar refractivity (Wildman–Crippen MR) is 153 cm³/mol. The molecule has 3 heterocycles. The molecule has 0 spiro atoms. The lowest BCUT2D eigenvalue weighted by molar-refractivity contribution is -0.122. The average Bonchev–Trinajstić information content (AvgIpc) is 3.15. The Bertz CT molecular complexity index is 1100. The number of unbranched alkanes of at least 4 members (excludes halogenated alkanes) is 4. The van der Waals surface area contributed by atoms with E-state index < -0.39 is 0 Å². The molecule has 0 N–H and O–H groups in total. The third kappa shape index (κ3) is 6.21. The molecule has 1 amide bonds. The minimum Gasteiger partial charge on any atom is -0.355 e. The molecule has 196 valence electrons. The lowest BCUT2D eigenvalue weighted by Crippen LogP contribution is -2.48. The van der Waals surface area contributed by atoms with Gasteiger partial charge in [-0.25, -0.2) is 0 Å². The molecule has 0 aliphatic carbocycles. The summed E-state index contributed by atoms with van der Waals surface area (Å²) >= 11 is 6.88. The Hall–Kier alpha value is -2.15. The number of likely N-dealkylation sites (N-methyl/N-ethyl adjacent to an activating group) is 1. The topological polar surface area (TPSA) is 72.6 Å². The molecule has 9 heteroatoms. The molecule has 3 rings (SSSR count). The normalized spacial score (nSPS) is 17.9. The zero-order chi connectivity index (χ0) is 26.2. The summed E-state index contributed by atoms with van der Waals surface area (Å²) in [7, 11) is 0. The van der Waals surface area contributed by atoms with Gasteiger partial charge in [-0.05, 0) is 37.9 Å². The van der Waals surface area contributed by atoms with Crippen LogP contribution in [0, 0.1) is 18.3 Å². The van der Waals surface area contributed by atoms with Crippen molar-refractivity contribution in [3.8, 4) is 6.07 Å². The molecule has 0 unspecified atom stereocenters. The summed E-state index contributed by atoms with van der Waals surface area (Å²) in [5.41, 5.74) is 1.34. The van der Waals surface area contributed by atoms with E-state index >= 15 is 0 Å². The zero-order valence-electron chi connectivity index (χ0n) is 22.1. The fourth-order valence-corrected chi connectivity index (χ4v) is 6.10. The number of hydrogen-bond acceptors (Lipinski definition) is 7. The molecule has 7 nitrogen and oxygen atoms in total. The van der Waals surface area contributed by atoms with Crippen LogP contribution in [0.5, 0.6) is 0 Å². The number of carbonyl (C=O) groups is 1. The lowest BCUT2D eigenvalue weighted by atomic mass is 10.0. The zero-order valence-corrected chi connectivity index (χ0v) is 23.8. The molecule has 1 aromatic rings. The third-order valence-electron chi connectivity index (χ3n) is 7.09. The van der Waals surface area contributed by atoms with Crippen LogP contribution in [-0.4, -0.2) is 63.9 Å². The van der Waals surface area contributed by atoms with E-state index in [-0.39, 0.29) is 17.0 Å². The van der Waals surface area contributed by atoms with Crippen molar-refractivity contribution in [1.82, 2.24) is 14.4 Å². The van der Waals surface area contributed by atoms with Crippen molar-refractivity contribution in [3.63, 3.8) is 0 Å². The fourth-order valence-electron chi connectivity index (χ4n) is 4.80. The third-order valence-corrected chi connectivity index (χ3v) is 8.46. The number of thiocarbonyl (C=S) groups is 1. The Labute approximate surface area is 225 Å². The summed E-state index contributed by atoms with van der Waals surface area (Å²) in [4.78, 5) is 33.7. The van der Waals surface area contributed by atoms with Gasteiger partial charge >= 0.3 is 0 Å². The van der Waals surface area contributed by atoms with Crippen LogP contribution in [0.15, 0.2) is 9.70 Å². The Kier molecular flexibility index (Phi) is 10.6. The van der Waals surface area contributed by atoms with E-state index in [1.54, 1.807) is 9.47 Å². The molecule has 0 saturated carbocycles. The van der Waals surface area contributed by atoms with E-state index in [9.17, 15) is 14.9 Å². The van der Waals surface area contributed by atoms with Crippen LogP contribution in [0.25, 0.3) is 6.08 Å². The summed E-state index contributed by atoms with van der Waals surface area (Å²) in [5.74, 6) is 0.751. The number of hydrogen-bond donors (Lipinski definition) is 0. The van der Waals surface area contributed by atoms with E-state index in [1.165, 1.54) is 11.8 Å². The number of anilines is 1. The number of piperazine rings is 1. The lowest BCUT2D eigenvalue weighted by Gasteiger charge is -2.37. The van der Waals surface area contributed by atoms with E-state index in [1.807, 2.05) is 13.0 Å². The maximum atomic E-state index is 13.4. The van der Waals surface area contributed by atoms with Gasteiger partial charge in [0.05, 0.1) is 4.91 Å². The van der Waals surface area contributed by atoms with Gasteiger partial charge in [-0.15, -0.1) is 0 Å². The molecule has 0 aromatic carbocycles. The van der Waals surface area contributed by atoms with Crippen LogP contribution in [0.1, 0.15) is 76.0 Å². The number of rotatable bonds is 11. The summed E-state index contributed by atoms with van der Waals surface area (Å²) in [6, 6.07) is 2.14. The maximum Gasteiger partial charge on any atom is 0.270 e. The van der Waals surface area contributed by atoms with Crippen LogP contribution in [0.2, 0.25) is 0 Å². The maximum absolute atomic E-state index is 13.4. The highest BCUT2D eigenvalue weighted by molar-refractivity contribution is 8.26. The van der Waals surface area contributed by atoms with E-state index in [0.29, 0.717) is 27.9 Å². The number of amides is 1. The van der Waals surface area contributed by atoms with Gasteiger partial charge in [0.25, 0.3) is 11.5 Å². The second kappa shape index (κ2) is 13.4. The Morgan fingerprint density at radius 2 is 1.69 bits per heavy atom. The number of pyridine rings is 1. The molecular formula is C27H39N5O2S2. The summed E-state index contributed by atoms with van der Waals surface area (Å²) in [6.45, 7) is 13.8. The first kappa shape index (κ1) is 28.4. The number of nitrogens with zero attached hydrogens (tertiary/aromatic N) is 5. The quantitative estimate of drug-likeness (QED) is 0.233. The number of aromatic nitrogens is 1. The molecule has 2 fully saturated rings. The van der Waals surface area contributed by atoms with E-state index in [4.69, 9.17) is 12.2 Å². The first-order valence-electron chi connectivity index (χ1n) is 13.3. The minimum absolute atomic E-state index is 0.0764. The van der Waals surface area contributed by atoms with Gasteiger partial charge < -0.3 is 9.80 Å². The van der Waals surface area contributed by atoms with Gasteiger partial charge in [0.15, 0.2) is 0 Å². The van der Waals surface area contributed by atoms with Crippen LogP contribution in [-0.2, 0) is 11.3 Å². The van der Waals surface area contributed by atoms with Gasteiger partial charge in [0.1, 0.15) is 21.8 Å². The minimum atomic E-state index is -0.239. The highest BCUT2D eigenvalue weighted by Crippen LogP contribution is 2.36. The molecular weight excluding hydrogens is 490 g/mol. The smallest absolute Gasteiger partial charge is 0.270 e. The van der Waals surface area contributed by atoms with Crippen molar-refractivity contribution in [3.05, 3.63) is 31.9 Å². The first-order valence-corrected chi connectivity index (χ1v) is 14.5. The van der Waals surface area contributed by atoms with Crippen LogP contribution >= 0.6 is 24.0 Å². The Morgan fingerprint density at radius 1 is 1.00 bits per heavy atom. The van der Waals surface area contributed by atoms with Gasteiger partial charge in [-0.3, -0.25) is 19.1 Å². The van der Waals surface area contributed by atoms with Crippen molar-refractivity contribution in [1.29, 1.82) is 5.26 Å². The van der Waals surface area contributed by atoms with Crippen LogP contribution in [0.3, 0.4) is 0 Å². The molecule has 2 saturated heterocycles. The van der Waals surface area contributed by atoms with Crippen molar-refractivity contribution in [2.75, 3.05) is 44.2 Å². The number of carbonyl (C=O) groups excluding carboxylic acids is 1. The molecule has 36 heavy (non-hydrogen) atoms. The Balaban J connectivity index is 2.08. The van der Waals surface area contributed by atoms with Crippen molar-refractivity contribution in [2.24, 2.45) is 0 Å². The highest BCUT2D eigenvalue weighted by Gasteiger charge is 2.33. The summed E-state index contributed by atoms with van der Waals surface area (Å²) in [6.07, 6.45) is 7.96. The molecule has 0 atom stereocenters. The molecule has 1 aromatic heterocycles. The molecule has 2 aliphatic rings. The van der Waals surface area contributed by atoms with Crippen LogP contribution < -0.4 is 10.5 Å². The SMILES string of the molecule is CCCCCCN1C(=O)/C(=C\c2c(C)c(C#N)c(=O)n(CCCC)c2N2CCN(CC)CC2)SC1=S. The monoisotopic (exact) mass is 529 g/mol. The van der Waals surface area contributed by atoms with Gasteiger partial charge in [0, 0.05) is 44.8 Å².